The van der Waals surface area contributed by atoms with Gasteiger partial charge in [-0.2, -0.15) is 0 Å². The lowest BCUT2D eigenvalue weighted by Gasteiger charge is -2.12. The third kappa shape index (κ3) is 5.40. The van der Waals surface area contributed by atoms with Gasteiger partial charge >= 0.3 is 0 Å². The predicted molar refractivity (Wildman–Crippen MR) is 131 cm³/mol. The average Bonchev–Trinajstić information content (AvgIpc) is 3.10. The molecule has 2 aromatic carbocycles. The van der Waals surface area contributed by atoms with Gasteiger partial charge in [-0.05, 0) is 50.5 Å². The lowest BCUT2D eigenvalue weighted by molar-refractivity contribution is 0.605. The Morgan fingerprint density at radius 1 is 1.03 bits per heavy atom. The first kappa shape index (κ1) is 22.5. The molecule has 0 fully saturated rings. The molecule has 0 atom stereocenters. The van der Waals surface area contributed by atoms with E-state index in [-0.39, 0.29) is 10.2 Å². The summed E-state index contributed by atoms with van der Waals surface area (Å²) in [5, 5.41) is 10.9. The van der Waals surface area contributed by atoms with Gasteiger partial charge in [0.15, 0.2) is 5.16 Å². The molecular formula is C19H14Br2ClN5O2S2. The van der Waals surface area contributed by atoms with Crippen LogP contribution < -0.4 is 4.72 Å². The number of halogens is 3. The van der Waals surface area contributed by atoms with Crippen molar-refractivity contribution < 1.29 is 8.42 Å². The van der Waals surface area contributed by atoms with Crippen molar-refractivity contribution in [3.8, 4) is 0 Å². The van der Waals surface area contributed by atoms with E-state index >= 15 is 0 Å². The van der Waals surface area contributed by atoms with Crippen molar-refractivity contribution >= 4 is 81.7 Å². The number of hydrogen-bond acceptors (Lipinski definition) is 6. The molecule has 4 rings (SSSR count). The van der Waals surface area contributed by atoms with Gasteiger partial charge in [-0.3, -0.25) is 9.29 Å². The Morgan fingerprint density at radius 2 is 1.81 bits per heavy atom. The highest BCUT2D eigenvalue weighted by Gasteiger charge is 2.18. The van der Waals surface area contributed by atoms with Crippen molar-refractivity contribution in [1.29, 1.82) is 0 Å². The molecule has 0 aliphatic heterocycles. The normalized spacial score (nSPS) is 11.7. The van der Waals surface area contributed by atoms with Crippen molar-refractivity contribution in [2.75, 3.05) is 9.81 Å². The quantitative estimate of drug-likeness (QED) is 0.220. The number of nitrogens with one attached hydrogen (secondary N) is 1. The van der Waals surface area contributed by atoms with Gasteiger partial charge in [0.2, 0.25) is 14.8 Å². The van der Waals surface area contributed by atoms with Crippen molar-refractivity contribution in [3.05, 3.63) is 74.7 Å². The van der Waals surface area contributed by atoms with Crippen LogP contribution in [0.25, 0.3) is 10.8 Å². The van der Waals surface area contributed by atoms with Gasteiger partial charge < -0.3 is 0 Å². The van der Waals surface area contributed by atoms with Crippen LogP contribution in [0.2, 0.25) is 5.15 Å². The Balaban J connectivity index is 1.53. The van der Waals surface area contributed by atoms with E-state index in [9.17, 15) is 8.42 Å². The van der Waals surface area contributed by atoms with Crippen LogP contribution in [-0.2, 0) is 16.6 Å². The highest BCUT2D eigenvalue weighted by molar-refractivity contribution is 9.10. The third-order valence-corrected chi connectivity index (χ3v) is 8.63. The van der Waals surface area contributed by atoms with Crippen LogP contribution in [0.4, 0.5) is 5.69 Å². The van der Waals surface area contributed by atoms with Crippen LogP contribution >= 0.6 is 55.2 Å². The molecule has 0 saturated carbocycles. The number of pyridine rings is 1. The van der Waals surface area contributed by atoms with Crippen molar-refractivity contribution in [2.24, 2.45) is 0 Å². The van der Waals surface area contributed by atoms with Crippen molar-refractivity contribution in [2.45, 2.75) is 11.7 Å². The van der Waals surface area contributed by atoms with Crippen LogP contribution in [-0.4, -0.2) is 33.3 Å². The van der Waals surface area contributed by atoms with Gasteiger partial charge in [-0.15, -0.1) is 10.2 Å². The van der Waals surface area contributed by atoms with Gasteiger partial charge in [-0.1, -0.05) is 69.6 Å². The summed E-state index contributed by atoms with van der Waals surface area (Å²) in [4.78, 5) is 3.87. The summed E-state index contributed by atoms with van der Waals surface area (Å²) in [5.74, 6) is 0. The molecule has 0 amide bonds. The summed E-state index contributed by atoms with van der Waals surface area (Å²) in [6, 6.07) is 15.2. The topological polar surface area (TPSA) is 89.8 Å². The number of rotatable bonds is 7. The number of hydrogen-bond donors (Lipinski definition) is 1. The van der Waals surface area contributed by atoms with Crippen molar-refractivity contribution in [3.63, 3.8) is 0 Å². The molecule has 160 valence electrons. The second kappa shape index (κ2) is 9.45. The molecule has 0 spiro atoms. The van der Waals surface area contributed by atoms with E-state index in [0.29, 0.717) is 22.1 Å². The number of fused-ring (bicyclic) bond motifs is 1. The fourth-order valence-electron chi connectivity index (χ4n) is 2.92. The summed E-state index contributed by atoms with van der Waals surface area (Å²) in [6.07, 6.45) is 1.36. The van der Waals surface area contributed by atoms with Gasteiger partial charge in [0.25, 0.3) is 0 Å². The molecule has 0 aliphatic rings. The molecule has 7 nitrogen and oxygen atoms in total. The standard InChI is InChI=1S/C19H14Br2ClN5O2S2/c20-16-7-5-12(14-3-1-2-4-15(14)16)10-27-18(21)24-25-19(27)30-11-31(28,29)26-13-6-8-17(22)23-9-13/h1-9,26H,10-11H2. The average molecular weight is 604 g/mol. The molecule has 0 radical (unpaired) electrons. The molecular weight excluding hydrogens is 590 g/mol. The molecule has 0 saturated heterocycles. The van der Waals surface area contributed by atoms with Gasteiger partial charge in [0.05, 0.1) is 18.4 Å². The Morgan fingerprint density at radius 3 is 2.55 bits per heavy atom. The molecule has 0 unspecified atom stereocenters. The van der Waals surface area contributed by atoms with E-state index in [4.69, 9.17) is 11.6 Å². The summed E-state index contributed by atoms with van der Waals surface area (Å²) < 4.78 is 30.8. The first-order chi connectivity index (χ1) is 14.8. The van der Waals surface area contributed by atoms with Crippen molar-refractivity contribution in [1.82, 2.24) is 19.7 Å². The zero-order valence-corrected chi connectivity index (χ0v) is 21.2. The molecule has 4 aromatic rings. The zero-order valence-electron chi connectivity index (χ0n) is 15.7. The van der Waals surface area contributed by atoms with E-state index in [1.165, 1.54) is 12.3 Å². The van der Waals surface area contributed by atoms with Gasteiger partial charge in [0.1, 0.15) is 10.2 Å². The number of nitrogens with zero attached hydrogens (tertiary/aromatic N) is 4. The second-order valence-electron chi connectivity index (χ2n) is 6.44. The first-order valence-electron chi connectivity index (χ1n) is 8.82. The number of benzene rings is 2. The maximum absolute atomic E-state index is 12.5. The minimum atomic E-state index is -3.64. The molecule has 31 heavy (non-hydrogen) atoms. The maximum Gasteiger partial charge on any atom is 0.242 e. The summed E-state index contributed by atoms with van der Waals surface area (Å²) in [5.41, 5.74) is 1.41. The highest BCUT2D eigenvalue weighted by Crippen LogP contribution is 2.29. The van der Waals surface area contributed by atoms with E-state index in [0.717, 1.165) is 32.6 Å². The fraction of sp³-hybridized carbons (Fsp3) is 0.105. The third-order valence-electron chi connectivity index (χ3n) is 4.31. The van der Waals surface area contributed by atoms with Crippen LogP contribution in [0.1, 0.15) is 5.56 Å². The molecule has 1 N–H and O–H groups in total. The Kier molecular flexibility index (Phi) is 6.87. The molecule has 12 heteroatoms. The van der Waals surface area contributed by atoms with Crippen LogP contribution in [0.3, 0.4) is 0 Å². The van der Waals surface area contributed by atoms with Crippen LogP contribution in [0, 0.1) is 0 Å². The first-order valence-corrected chi connectivity index (χ1v) is 13.4. The molecule has 0 bridgehead atoms. The minimum Gasteiger partial charge on any atom is -0.292 e. The zero-order chi connectivity index (χ0) is 22.0. The van der Waals surface area contributed by atoms with E-state index in [1.807, 2.05) is 34.9 Å². The second-order valence-corrected chi connectivity index (χ2v) is 11.4. The summed E-state index contributed by atoms with van der Waals surface area (Å²) in [7, 11) is -3.64. The van der Waals surface area contributed by atoms with Crippen LogP contribution in [0.5, 0.6) is 0 Å². The maximum atomic E-state index is 12.5. The molecule has 2 heterocycles. The fourth-order valence-corrected chi connectivity index (χ4v) is 6.16. The summed E-state index contributed by atoms with van der Waals surface area (Å²) >= 11 is 13.8. The van der Waals surface area contributed by atoms with E-state index in [1.54, 1.807) is 6.07 Å². The SMILES string of the molecule is O=S(=O)(CSc1nnc(Br)n1Cc1ccc(Br)c2ccccc12)Nc1ccc(Cl)nc1. The number of thioether (sulfide) groups is 1. The predicted octanol–water partition coefficient (Wildman–Crippen LogP) is 5.54. The highest BCUT2D eigenvalue weighted by atomic mass is 79.9. The Hall–Kier alpha value is -1.66. The molecule has 0 aliphatic carbocycles. The number of aromatic nitrogens is 4. The van der Waals surface area contributed by atoms with Gasteiger partial charge in [-0.25, -0.2) is 13.4 Å². The van der Waals surface area contributed by atoms with E-state index in [2.05, 4.69) is 57.8 Å². The van der Waals surface area contributed by atoms with E-state index < -0.39 is 10.0 Å². The van der Waals surface area contributed by atoms with Gasteiger partial charge in [0, 0.05) is 4.47 Å². The largest absolute Gasteiger partial charge is 0.292 e. The number of sulfonamides is 1. The minimum absolute atomic E-state index is 0.234. The molecule has 2 aromatic heterocycles. The summed E-state index contributed by atoms with van der Waals surface area (Å²) in [6.45, 7) is 0.484. The van der Waals surface area contributed by atoms with Crippen LogP contribution in [0.15, 0.2) is 69.1 Å². The lowest BCUT2D eigenvalue weighted by Crippen LogP contribution is -2.15. The Labute approximate surface area is 204 Å². The smallest absolute Gasteiger partial charge is 0.242 e. The lowest BCUT2D eigenvalue weighted by atomic mass is 10.0. The Bertz CT molecular complexity index is 1350. The number of anilines is 1. The monoisotopic (exact) mass is 601 g/mol.